The Hall–Kier alpha value is -3.95. The highest BCUT2D eigenvalue weighted by molar-refractivity contribution is 5.91. The zero-order valence-electron chi connectivity index (χ0n) is 20.6. The number of nitrogens with two attached hydrogens (primary N) is 1. The summed E-state index contributed by atoms with van der Waals surface area (Å²) in [5.74, 6) is -0.927. The highest BCUT2D eigenvalue weighted by Gasteiger charge is 2.38. The summed E-state index contributed by atoms with van der Waals surface area (Å²) >= 11 is 0. The molecule has 0 spiro atoms. The minimum atomic E-state index is -0.679. The Bertz CT molecular complexity index is 1190. The van der Waals surface area contributed by atoms with Crippen LogP contribution in [0.5, 0.6) is 0 Å². The number of anilines is 2. The molecule has 2 fully saturated rings. The number of hydrogen-bond donors (Lipinski definition) is 1. The summed E-state index contributed by atoms with van der Waals surface area (Å²) in [4.78, 5) is 45.6. The van der Waals surface area contributed by atoms with Crippen LogP contribution in [0.3, 0.4) is 0 Å². The SMILES string of the molecule is CC(C)=CC(=O)N1CCN(c2ccc(-c3ccc(N4CC([C@H](C)C(N)=O)OC4=O)cc3F)cn2)CC1. The number of carbonyl (C=O) groups excluding carboxylic acids is 3. The van der Waals surface area contributed by atoms with E-state index >= 15 is 4.39 Å². The smallest absolute Gasteiger partial charge is 0.414 e. The van der Waals surface area contributed by atoms with Crippen molar-refractivity contribution in [2.45, 2.75) is 26.9 Å². The van der Waals surface area contributed by atoms with Crippen LogP contribution >= 0.6 is 0 Å². The summed E-state index contributed by atoms with van der Waals surface area (Å²) in [5, 5.41) is 0. The van der Waals surface area contributed by atoms with Gasteiger partial charge in [0.05, 0.1) is 18.2 Å². The first-order valence-corrected chi connectivity index (χ1v) is 11.9. The van der Waals surface area contributed by atoms with Crippen molar-refractivity contribution in [3.63, 3.8) is 0 Å². The second kappa shape index (κ2) is 10.3. The van der Waals surface area contributed by atoms with Crippen molar-refractivity contribution in [1.82, 2.24) is 9.88 Å². The van der Waals surface area contributed by atoms with Crippen molar-refractivity contribution in [2.75, 3.05) is 42.5 Å². The number of pyridine rings is 1. The van der Waals surface area contributed by atoms with Crippen molar-refractivity contribution >= 4 is 29.4 Å². The fourth-order valence-electron chi connectivity index (χ4n) is 4.27. The van der Waals surface area contributed by atoms with Gasteiger partial charge in [0.2, 0.25) is 11.8 Å². The molecule has 3 amide bonds. The maximum absolute atomic E-state index is 15.0. The molecule has 0 saturated carbocycles. The molecule has 0 bridgehead atoms. The van der Waals surface area contributed by atoms with Gasteiger partial charge in [-0.15, -0.1) is 0 Å². The molecule has 2 saturated heterocycles. The number of nitrogens with zero attached hydrogens (tertiary/aromatic N) is 4. The van der Waals surface area contributed by atoms with Crippen molar-refractivity contribution in [3.8, 4) is 11.1 Å². The highest BCUT2D eigenvalue weighted by Crippen LogP contribution is 2.30. The van der Waals surface area contributed by atoms with Crippen molar-refractivity contribution < 1.29 is 23.5 Å². The lowest BCUT2D eigenvalue weighted by Crippen LogP contribution is -2.48. The van der Waals surface area contributed by atoms with E-state index in [1.54, 1.807) is 37.4 Å². The second-order valence-corrected chi connectivity index (χ2v) is 9.33. The number of rotatable bonds is 6. The average molecular weight is 496 g/mol. The molecule has 1 aromatic heterocycles. The third kappa shape index (κ3) is 5.32. The van der Waals surface area contributed by atoms with Gasteiger partial charge in [0, 0.05) is 49.6 Å². The predicted octanol–water partition coefficient (Wildman–Crippen LogP) is 2.95. The lowest BCUT2D eigenvalue weighted by Gasteiger charge is -2.35. The number of allylic oxidation sites excluding steroid dienone is 1. The number of ether oxygens (including phenoxy) is 1. The standard InChI is InChI=1S/C26H30FN5O4/c1-16(2)12-24(33)31-10-8-30(9-11-31)23-7-4-18(14-29-23)20-6-5-19(13-21(20)27)32-15-22(36-26(32)35)17(3)25(28)34/h4-7,12-14,17,22H,8-11,15H2,1-3H3,(H2,28,34)/t17-,22?/m0/s1. The number of cyclic esters (lactones) is 1. The number of primary amides is 1. The molecular weight excluding hydrogens is 465 g/mol. The van der Waals surface area contributed by atoms with Gasteiger partial charge in [-0.1, -0.05) is 5.57 Å². The lowest BCUT2D eigenvalue weighted by atomic mass is 10.0. The number of carbonyl (C=O) groups is 3. The Balaban J connectivity index is 1.42. The fraction of sp³-hybridized carbons (Fsp3) is 0.385. The molecule has 2 N–H and O–H groups in total. The minimum absolute atomic E-state index is 0.0250. The molecule has 190 valence electrons. The van der Waals surface area contributed by atoms with E-state index in [0.717, 1.165) is 11.4 Å². The van der Waals surface area contributed by atoms with E-state index in [2.05, 4.69) is 9.88 Å². The number of benzene rings is 1. The summed E-state index contributed by atoms with van der Waals surface area (Å²) in [6, 6.07) is 8.13. The topological polar surface area (TPSA) is 109 Å². The van der Waals surface area contributed by atoms with Crippen LogP contribution < -0.4 is 15.5 Å². The van der Waals surface area contributed by atoms with E-state index in [0.29, 0.717) is 43.0 Å². The first kappa shape index (κ1) is 25.2. The second-order valence-electron chi connectivity index (χ2n) is 9.33. The molecule has 2 aliphatic heterocycles. The van der Waals surface area contributed by atoms with Gasteiger partial charge in [0.1, 0.15) is 17.7 Å². The normalized spacial score (nSPS) is 18.6. The monoisotopic (exact) mass is 495 g/mol. The number of halogens is 1. The fourth-order valence-corrected chi connectivity index (χ4v) is 4.27. The number of hydrogen-bond acceptors (Lipinski definition) is 6. The Kier molecular flexibility index (Phi) is 7.23. The molecule has 2 atom stereocenters. The van der Waals surface area contributed by atoms with Crippen LogP contribution in [0.4, 0.5) is 20.7 Å². The van der Waals surface area contributed by atoms with E-state index in [9.17, 15) is 14.4 Å². The molecule has 3 heterocycles. The molecule has 2 aromatic rings. The Morgan fingerprint density at radius 1 is 1.17 bits per heavy atom. The van der Waals surface area contributed by atoms with Gasteiger partial charge in [-0.3, -0.25) is 14.5 Å². The summed E-state index contributed by atoms with van der Waals surface area (Å²) in [6.45, 7) is 8.06. The summed E-state index contributed by atoms with van der Waals surface area (Å²) in [6.07, 6.45) is 1.94. The van der Waals surface area contributed by atoms with Crippen LogP contribution in [-0.2, 0) is 14.3 Å². The lowest BCUT2D eigenvalue weighted by molar-refractivity contribution is -0.126. The minimum Gasteiger partial charge on any atom is -0.443 e. The van der Waals surface area contributed by atoms with Gasteiger partial charge < -0.3 is 20.3 Å². The zero-order chi connectivity index (χ0) is 26.0. The van der Waals surface area contributed by atoms with Crippen LogP contribution in [0, 0.1) is 11.7 Å². The first-order valence-electron chi connectivity index (χ1n) is 11.9. The molecule has 4 rings (SSSR count). The maximum atomic E-state index is 15.0. The molecule has 1 aromatic carbocycles. The van der Waals surface area contributed by atoms with E-state index < -0.39 is 29.8 Å². The van der Waals surface area contributed by atoms with E-state index in [-0.39, 0.29) is 12.5 Å². The Morgan fingerprint density at radius 3 is 2.47 bits per heavy atom. The predicted molar refractivity (Wildman–Crippen MR) is 134 cm³/mol. The van der Waals surface area contributed by atoms with Gasteiger partial charge in [0.25, 0.3) is 0 Å². The molecule has 2 aliphatic rings. The Labute approximate surface area is 209 Å². The zero-order valence-corrected chi connectivity index (χ0v) is 20.6. The van der Waals surface area contributed by atoms with E-state index in [1.165, 1.54) is 11.0 Å². The van der Waals surface area contributed by atoms with Crippen molar-refractivity contribution in [3.05, 3.63) is 54.0 Å². The molecule has 36 heavy (non-hydrogen) atoms. The van der Waals surface area contributed by atoms with Crippen LogP contribution in [0.2, 0.25) is 0 Å². The molecule has 9 nitrogen and oxygen atoms in total. The first-order chi connectivity index (χ1) is 17.1. The molecule has 1 unspecified atom stereocenters. The summed E-state index contributed by atoms with van der Waals surface area (Å²) in [7, 11) is 0. The van der Waals surface area contributed by atoms with Crippen molar-refractivity contribution in [2.24, 2.45) is 11.7 Å². The van der Waals surface area contributed by atoms with Crippen molar-refractivity contribution in [1.29, 1.82) is 0 Å². The van der Waals surface area contributed by atoms with Gasteiger partial charge in [-0.05, 0) is 51.1 Å². The van der Waals surface area contributed by atoms with Gasteiger partial charge in [0.15, 0.2) is 0 Å². The third-order valence-corrected chi connectivity index (χ3v) is 6.49. The average Bonchev–Trinajstić information content (AvgIpc) is 3.24. The van der Waals surface area contributed by atoms with Gasteiger partial charge in [-0.25, -0.2) is 14.2 Å². The third-order valence-electron chi connectivity index (χ3n) is 6.49. The summed E-state index contributed by atoms with van der Waals surface area (Å²) in [5.41, 5.74) is 7.58. The maximum Gasteiger partial charge on any atom is 0.414 e. The Morgan fingerprint density at radius 2 is 1.89 bits per heavy atom. The highest BCUT2D eigenvalue weighted by atomic mass is 19.1. The quantitative estimate of drug-likeness (QED) is 0.618. The molecule has 10 heteroatoms. The van der Waals surface area contributed by atoms with Crippen LogP contribution in [0.25, 0.3) is 11.1 Å². The molecule has 0 radical (unpaired) electrons. The van der Waals surface area contributed by atoms with Gasteiger partial charge >= 0.3 is 6.09 Å². The number of amides is 3. The van der Waals surface area contributed by atoms with E-state index in [4.69, 9.17) is 10.5 Å². The number of piperazine rings is 1. The molecule has 0 aliphatic carbocycles. The largest absolute Gasteiger partial charge is 0.443 e. The van der Waals surface area contributed by atoms with Crippen LogP contribution in [0.15, 0.2) is 48.2 Å². The van der Waals surface area contributed by atoms with Crippen LogP contribution in [-0.4, -0.2) is 66.6 Å². The number of aromatic nitrogens is 1. The van der Waals surface area contributed by atoms with Gasteiger partial charge in [-0.2, -0.15) is 0 Å². The van der Waals surface area contributed by atoms with Crippen LogP contribution in [0.1, 0.15) is 20.8 Å². The summed E-state index contributed by atoms with van der Waals surface area (Å²) < 4.78 is 20.3. The molecular formula is C26H30FN5O4. The van der Waals surface area contributed by atoms with E-state index in [1.807, 2.05) is 24.8 Å².